The molecule has 25 heavy (non-hydrogen) atoms. The van der Waals surface area contributed by atoms with Crippen LogP contribution in [0.2, 0.25) is 0 Å². The maximum Gasteiger partial charge on any atom is 0.261 e. The third-order valence-corrected chi connectivity index (χ3v) is 3.67. The molecule has 7 heteroatoms. The van der Waals surface area contributed by atoms with Gasteiger partial charge in [0, 0.05) is 19.4 Å². The molecule has 1 aromatic carbocycles. The van der Waals surface area contributed by atoms with Gasteiger partial charge in [0.2, 0.25) is 0 Å². The van der Waals surface area contributed by atoms with Crippen LogP contribution < -0.4 is 10.1 Å². The van der Waals surface area contributed by atoms with Crippen molar-refractivity contribution in [3.05, 3.63) is 60.7 Å². The number of aryl methyl sites for hydroxylation is 1. The second kappa shape index (κ2) is 7.57. The van der Waals surface area contributed by atoms with Gasteiger partial charge < -0.3 is 10.1 Å². The zero-order valence-electron chi connectivity index (χ0n) is 14.1. The Morgan fingerprint density at radius 1 is 1.24 bits per heavy atom. The van der Waals surface area contributed by atoms with Crippen molar-refractivity contribution in [1.29, 1.82) is 0 Å². The van der Waals surface area contributed by atoms with Crippen LogP contribution in [-0.2, 0) is 18.4 Å². The number of amides is 1. The molecule has 0 unspecified atom stereocenters. The first-order valence-corrected chi connectivity index (χ1v) is 7.92. The van der Waals surface area contributed by atoms with Crippen molar-refractivity contribution in [2.75, 3.05) is 0 Å². The second-order valence-corrected chi connectivity index (χ2v) is 5.53. The number of nitrogens with zero attached hydrogens (tertiary/aromatic N) is 4. The molecule has 0 bridgehead atoms. The molecule has 0 radical (unpaired) electrons. The summed E-state index contributed by atoms with van der Waals surface area (Å²) in [6.45, 7) is 2.07. The molecule has 128 valence electrons. The molecule has 0 saturated carbocycles. The van der Waals surface area contributed by atoms with Gasteiger partial charge in [0.25, 0.3) is 5.91 Å². The smallest absolute Gasteiger partial charge is 0.261 e. The van der Waals surface area contributed by atoms with Crippen LogP contribution in [0.15, 0.2) is 55.0 Å². The number of carbonyl (C=O) groups is 1. The van der Waals surface area contributed by atoms with Crippen LogP contribution in [0.1, 0.15) is 12.6 Å². The van der Waals surface area contributed by atoms with Gasteiger partial charge in [-0.1, -0.05) is 18.2 Å². The van der Waals surface area contributed by atoms with Gasteiger partial charge in [-0.15, -0.1) is 0 Å². The van der Waals surface area contributed by atoms with Crippen molar-refractivity contribution in [3.8, 4) is 17.1 Å². The summed E-state index contributed by atoms with van der Waals surface area (Å²) in [4.78, 5) is 20.5. The van der Waals surface area contributed by atoms with Crippen molar-refractivity contribution >= 4 is 5.91 Å². The third-order valence-electron chi connectivity index (χ3n) is 3.67. The normalized spacial score (nSPS) is 11.8. The van der Waals surface area contributed by atoms with E-state index in [1.807, 2.05) is 43.4 Å². The lowest BCUT2D eigenvalue weighted by Gasteiger charge is -2.14. The molecule has 0 aliphatic rings. The van der Waals surface area contributed by atoms with E-state index in [0.717, 1.165) is 5.69 Å². The highest BCUT2D eigenvalue weighted by atomic mass is 16.5. The molecule has 0 aliphatic carbocycles. The zero-order chi connectivity index (χ0) is 17.6. The van der Waals surface area contributed by atoms with Crippen molar-refractivity contribution < 1.29 is 9.53 Å². The van der Waals surface area contributed by atoms with Gasteiger partial charge in [0.15, 0.2) is 6.10 Å². The molecule has 7 nitrogen and oxygen atoms in total. The van der Waals surface area contributed by atoms with E-state index in [4.69, 9.17) is 4.74 Å². The summed E-state index contributed by atoms with van der Waals surface area (Å²) < 4.78 is 7.33. The van der Waals surface area contributed by atoms with E-state index in [9.17, 15) is 4.79 Å². The lowest BCUT2D eigenvalue weighted by molar-refractivity contribution is -0.127. The molecule has 1 atom stereocenters. The number of nitrogens with one attached hydrogen (secondary N) is 1. The van der Waals surface area contributed by atoms with Crippen LogP contribution in [0.5, 0.6) is 5.75 Å². The Balaban J connectivity index is 1.60. The minimum absolute atomic E-state index is 0.189. The fourth-order valence-electron chi connectivity index (χ4n) is 2.31. The van der Waals surface area contributed by atoms with Crippen LogP contribution in [-0.4, -0.2) is 31.8 Å². The topological polar surface area (TPSA) is 81.9 Å². The standard InChI is InChI=1S/C18H19N5O2/c1-13(25-15-6-4-3-5-7-15)18(24)21-11-14-10-16(22-23(14)2)17-12-19-8-9-20-17/h3-10,12-13H,11H2,1-2H3,(H,21,24)/t13-/m1/s1. The summed E-state index contributed by atoms with van der Waals surface area (Å²) in [6.07, 6.45) is 4.30. The Morgan fingerprint density at radius 3 is 2.76 bits per heavy atom. The molecule has 0 saturated heterocycles. The molecular formula is C18H19N5O2. The van der Waals surface area contributed by atoms with Gasteiger partial charge in [-0.05, 0) is 25.1 Å². The van der Waals surface area contributed by atoms with E-state index in [1.165, 1.54) is 0 Å². The predicted molar refractivity (Wildman–Crippen MR) is 92.6 cm³/mol. The maximum atomic E-state index is 12.2. The van der Waals surface area contributed by atoms with Crippen molar-refractivity contribution in [2.45, 2.75) is 19.6 Å². The average molecular weight is 337 g/mol. The number of hydrogen-bond acceptors (Lipinski definition) is 5. The lowest BCUT2D eigenvalue weighted by Crippen LogP contribution is -2.36. The van der Waals surface area contributed by atoms with Crippen molar-refractivity contribution in [3.63, 3.8) is 0 Å². The largest absolute Gasteiger partial charge is 0.481 e. The van der Waals surface area contributed by atoms with Gasteiger partial charge in [-0.2, -0.15) is 5.10 Å². The zero-order valence-corrected chi connectivity index (χ0v) is 14.1. The summed E-state index contributed by atoms with van der Waals surface area (Å²) in [5.41, 5.74) is 2.27. The highest BCUT2D eigenvalue weighted by Gasteiger charge is 2.15. The Labute approximate surface area is 145 Å². The number of benzene rings is 1. The van der Waals surface area contributed by atoms with Gasteiger partial charge in [0.1, 0.15) is 17.1 Å². The quantitative estimate of drug-likeness (QED) is 0.743. The number of hydrogen-bond donors (Lipinski definition) is 1. The van der Waals surface area contributed by atoms with E-state index >= 15 is 0 Å². The van der Waals surface area contributed by atoms with Gasteiger partial charge in [-0.3, -0.25) is 19.4 Å². The number of carbonyl (C=O) groups excluding carboxylic acids is 1. The maximum absolute atomic E-state index is 12.2. The lowest BCUT2D eigenvalue weighted by atomic mass is 10.3. The second-order valence-electron chi connectivity index (χ2n) is 5.53. The van der Waals surface area contributed by atoms with E-state index in [2.05, 4.69) is 20.4 Å². The molecule has 2 heterocycles. The minimum Gasteiger partial charge on any atom is -0.481 e. The Hall–Kier alpha value is -3.22. The minimum atomic E-state index is -0.588. The molecule has 0 fully saturated rings. The third kappa shape index (κ3) is 4.20. The van der Waals surface area contributed by atoms with Gasteiger partial charge in [0.05, 0.1) is 18.4 Å². The fourth-order valence-corrected chi connectivity index (χ4v) is 2.31. The van der Waals surface area contributed by atoms with Crippen molar-refractivity contribution in [2.24, 2.45) is 7.05 Å². The average Bonchev–Trinajstić information content (AvgIpc) is 3.02. The number of aromatic nitrogens is 4. The van der Waals surface area contributed by atoms with Gasteiger partial charge >= 0.3 is 0 Å². The molecule has 2 aromatic heterocycles. The molecule has 1 amide bonds. The highest BCUT2D eigenvalue weighted by molar-refractivity contribution is 5.80. The summed E-state index contributed by atoms with van der Waals surface area (Å²) in [6, 6.07) is 11.1. The molecule has 0 spiro atoms. The Bertz CT molecular complexity index is 833. The van der Waals surface area contributed by atoms with E-state index in [1.54, 1.807) is 30.2 Å². The first-order chi connectivity index (χ1) is 12.1. The SMILES string of the molecule is C[C@@H](Oc1ccccc1)C(=O)NCc1cc(-c2cnccn2)nn1C. The summed E-state index contributed by atoms with van der Waals surface area (Å²) in [5.74, 6) is 0.474. The number of rotatable bonds is 6. The van der Waals surface area contributed by atoms with Crippen LogP contribution in [0.3, 0.4) is 0 Å². The number of para-hydroxylation sites is 1. The summed E-state index contributed by atoms with van der Waals surface area (Å²) >= 11 is 0. The summed E-state index contributed by atoms with van der Waals surface area (Å²) in [5, 5.41) is 7.27. The van der Waals surface area contributed by atoms with Crippen molar-refractivity contribution in [1.82, 2.24) is 25.1 Å². The molecule has 1 N–H and O–H groups in total. The van der Waals surface area contributed by atoms with E-state index in [-0.39, 0.29) is 5.91 Å². The molecule has 3 rings (SSSR count). The number of ether oxygens (including phenoxy) is 1. The summed E-state index contributed by atoms with van der Waals surface area (Å²) in [7, 11) is 1.82. The Kier molecular flexibility index (Phi) is 5.03. The fraction of sp³-hybridized carbons (Fsp3) is 0.222. The van der Waals surface area contributed by atoms with E-state index < -0.39 is 6.10 Å². The first kappa shape index (κ1) is 16.6. The molecule has 3 aromatic rings. The Morgan fingerprint density at radius 2 is 2.04 bits per heavy atom. The monoisotopic (exact) mass is 337 g/mol. The van der Waals surface area contributed by atoms with Crippen LogP contribution >= 0.6 is 0 Å². The van der Waals surface area contributed by atoms with Crippen LogP contribution in [0.25, 0.3) is 11.4 Å². The van der Waals surface area contributed by atoms with Crippen LogP contribution in [0, 0.1) is 0 Å². The van der Waals surface area contributed by atoms with E-state index in [0.29, 0.717) is 23.7 Å². The van der Waals surface area contributed by atoms with Gasteiger partial charge in [-0.25, -0.2) is 0 Å². The molecule has 0 aliphatic heterocycles. The van der Waals surface area contributed by atoms with Crippen LogP contribution in [0.4, 0.5) is 0 Å². The predicted octanol–water partition coefficient (Wildman–Crippen LogP) is 1.96. The molecular weight excluding hydrogens is 318 g/mol. The highest BCUT2D eigenvalue weighted by Crippen LogP contribution is 2.15. The first-order valence-electron chi connectivity index (χ1n) is 7.92.